The van der Waals surface area contributed by atoms with Crippen molar-refractivity contribution < 1.29 is 17.9 Å². The van der Waals surface area contributed by atoms with Gasteiger partial charge in [0.1, 0.15) is 0 Å². The predicted molar refractivity (Wildman–Crippen MR) is 78.0 cm³/mol. The van der Waals surface area contributed by atoms with Gasteiger partial charge < -0.3 is 4.52 Å². The quantitative estimate of drug-likeness (QED) is 0.648. The van der Waals surface area contributed by atoms with E-state index in [9.17, 15) is 18.5 Å². The molecule has 9 nitrogen and oxygen atoms in total. The summed E-state index contributed by atoms with van der Waals surface area (Å²) in [6, 6.07) is 4.14. The summed E-state index contributed by atoms with van der Waals surface area (Å²) in [6.07, 6.45) is 2.93. The van der Waals surface area contributed by atoms with Gasteiger partial charge in [-0.25, -0.2) is 8.42 Å². The Bertz CT molecular complexity index is 843. The summed E-state index contributed by atoms with van der Waals surface area (Å²) in [5, 5.41) is 14.9. The van der Waals surface area contributed by atoms with E-state index in [0.29, 0.717) is 18.4 Å². The van der Waals surface area contributed by atoms with Gasteiger partial charge in [-0.15, -0.1) is 0 Å². The fraction of sp³-hybridized carbons (Fsp3) is 0.385. The fourth-order valence-corrected chi connectivity index (χ4v) is 4.54. The first kappa shape index (κ1) is 15.6. The van der Waals surface area contributed by atoms with Crippen LogP contribution in [-0.4, -0.2) is 23.5 Å². The van der Waals surface area contributed by atoms with Crippen LogP contribution in [0.15, 0.2) is 34.0 Å². The maximum Gasteiger partial charge on any atom is 0.289 e. The van der Waals surface area contributed by atoms with Crippen molar-refractivity contribution >= 4 is 15.7 Å². The van der Waals surface area contributed by atoms with E-state index in [1.54, 1.807) is 0 Å². The summed E-state index contributed by atoms with van der Waals surface area (Å²) < 4.78 is 32.8. The minimum atomic E-state index is -4.12. The van der Waals surface area contributed by atoms with Crippen molar-refractivity contribution in [3.8, 4) is 0 Å². The highest BCUT2D eigenvalue weighted by molar-refractivity contribution is 7.89. The summed E-state index contributed by atoms with van der Waals surface area (Å²) in [6.45, 7) is 1.52. The standard InChI is InChI=1S/C13H14N4O5S/c1-9-4-2-5-10(17(18)19)11(9)23(20,21)16-13(6-3-7-13)12-14-8-22-15-12/h2,4-5,8,16H,3,6-7H2,1H3. The normalized spacial score (nSPS) is 16.7. The molecule has 0 amide bonds. The number of hydrogen-bond donors (Lipinski definition) is 1. The van der Waals surface area contributed by atoms with Crippen LogP contribution in [0.4, 0.5) is 5.69 Å². The molecule has 2 aromatic rings. The van der Waals surface area contributed by atoms with Gasteiger partial charge in [0.15, 0.2) is 10.7 Å². The van der Waals surface area contributed by atoms with Crippen molar-refractivity contribution in [1.82, 2.24) is 14.9 Å². The van der Waals surface area contributed by atoms with Gasteiger partial charge in [-0.05, 0) is 31.7 Å². The monoisotopic (exact) mass is 338 g/mol. The summed E-state index contributed by atoms with van der Waals surface area (Å²) in [4.78, 5) is 14.1. The minimum absolute atomic E-state index is 0.239. The lowest BCUT2D eigenvalue weighted by Gasteiger charge is -2.39. The molecule has 0 spiro atoms. The van der Waals surface area contributed by atoms with E-state index in [1.165, 1.54) is 25.1 Å². The average Bonchev–Trinajstić information content (AvgIpc) is 2.96. The Kier molecular flexibility index (Phi) is 3.65. The van der Waals surface area contributed by atoms with E-state index in [4.69, 9.17) is 4.52 Å². The first-order valence-electron chi connectivity index (χ1n) is 6.91. The van der Waals surface area contributed by atoms with Gasteiger partial charge in [0, 0.05) is 6.07 Å². The fourth-order valence-electron chi connectivity index (χ4n) is 2.72. The SMILES string of the molecule is Cc1cccc([N+](=O)[O-])c1S(=O)(=O)NC1(c2ncon2)CCC1. The maximum atomic E-state index is 12.8. The van der Waals surface area contributed by atoms with Crippen LogP contribution in [0, 0.1) is 17.0 Å². The van der Waals surface area contributed by atoms with E-state index in [2.05, 4.69) is 14.9 Å². The number of nitrogens with one attached hydrogen (secondary N) is 1. The number of nitro groups is 1. The number of nitro benzene ring substituents is 1. The molecule has 0 atom stereocenters. The van der Waals surface area contributed by atoms with Gasteiger partial charge in [-0.1, -0.05) is 17.3 Å². The van der Waals surface area contributed by atoms with Gasteiger partial charge in [0.2, 0.25) is 16.4 Å². The van der Waals surface area contributed by atoms with Gasteiger partial charge in [0.05, 0.1) is 10.5 Å². The van der Waals surface area contributed by atoms with Gasteiger partial charge in [0.25, 0.3) is 5.69 Å². The molecule has 10 heteroatoms. The summed E-state index contributed by atoms with van der Waals surface area (Å²) >= 11 is 0. The third-order valence-electron chi connectivity index (χ3n) is 3.98. The van der Waals surface area contributed by atoms with Crippen LogP contribution in [0.1, 0.15) is 30.7 Å². The van der Waals surface area contributed by atoms with Gasteiger partial charge in [-0.3, -0.25) is 10.1 Å². The van der Waals surface area contributed by atoms with Crippen molar-refractivity contribution in [3.05, 3.63) is 46.1 Å². The molecule has 0 unspecified atom stereocenters. The highest BCUT2D eigenvalue weighted by Crippen LogP contribution is 2.41. The number of aryl methyl sites for hydroxylation is 1. The van der Waals surface area contributed by atoms with Crippen LogP contribution in [0.2, 0.25) is 0 Å². The van der Waals surface area contributed by atoms with Crippen molar-refractivity contribution in [2.75, 3.05) is 0 Å². The number of sulfonamides is 1. The number of aromatic nitrogens is 2. The Balaban J connectivity index is 2.05. The maximum absolute atomic E-state index is 12.8. The first-order valence-corrected chi connectivity index (χ1v) is 8.39. The average molecular weight is 338 g/mol. The molecule has 1 fully saturated rings. The highest BCUT2D eigenvalue weighted by atomic mass is 32.2. The number of benzene rings is 1. The predicted octanol–water partition coefficient (Wildman–Crippen LogP) is 1.64. The summed E-state index contributed by atoms with van der Waals surface area (Å²) in [7, 11) is -4.12. The Hall–Kier alpha value is -2.33. The molecule has 1 aromatic carbocycles. The van der Waals surface area contributed by atoms with Crippen molar-refractivity contribution in [2.45, 2.75) is 36.6 Å². The van der Waals surface area contributed by atoms with Gasteiger partial charge in [-0.2, -0.15) is 9.71 Å². The number of rotatable bonds is 5. The second-order valence-electron chi connectivity index (χ2n) is 5.48. The molecule has 0 saturated heterocycles. The molecular formula is C13H14N4O5S. The Morgan fingerprint density at radius 3 is 2.65 bits per heavy atom. The lowest BCUT2D eigenvalue weighted by atomic mass is 9.77. The largest absolute Gasteiger partial charge is 0.343 e. The molecule has 1 heterocycles. The third-order valence-corrected chi connectivity index (χ3v) is 5.71. The molecule has 1 aliphatic carbocycles. The zero-order valence-electron chi connectivity index (χ0n) is 12.2. The lowest BCUT2D eigenvalue weighted by molar-refractivity contribution is -0.387. The molecule has 1 aliphatic rings. The van der Waals surface area contributed by atoms with E-state index in [1.807, 2.05) is 0 Å². The van der Waals surface area contributed by atoms with E-state index in [0.717, 1.165) is 12.8 Å². The second-order valence-corrected chi connectivity index (χ2v) is 7.10. The second kappa shape index (κ2) is 5.39. The number of hydrogen-bond acceptors (Lipinski definition) is 7. The molecule has 122 valence electrons. The van der Waals surface area contributed by atoms with Crippen LogP contribution >= 0.6 is 0 Å². The molecule has 3 rings (SSSR count). The van der Waals surface area contributed by atoms with E-state index in [-0.39, 0.29) is 10.7 Å². The van der Waals surface area contributed by atoms with Crippen LogP contribution in [0.3, 0.4) is 0 Å². The topological polar surface area (TPSA) is 128 Å². The zero-order chi connectivity index (χ0) is 16.7. The molecular weight excluding hydrogens is 324 g/mol. The molecule has 0 radical (unpaired) electrons. The number of nitrogens with zero attached hydrogens (tertiary/aromatic N) is 3. The Morgan fingerprint density at radius 2 is 2.13 bits per heavy atom. The van der Waals surface area contributed by atoms with Crippen LogP contribution in [0.5, 0.6) is 0 Å². The van der Waals surface area contributed by atoms with E-state index < -0.39 is 26.2 Å². The lowest BCUT2D eigenvalue weighted by Crippen LogP contribution is -2.51. The summed E-state index contributed by atoms with van der Waals surface area (Å²) in [5.74, 6) is 0.239. The molecule has 1 N–H and O–H groups in total. The zero-order valence-corrected chi connectivity index (χ0v) is 13.0. The molecule has 1 saturated carbocycles. The molecule has 1 aromatic heterocycles. The van der Waals surface area contributed by atoms with Crippen molar-refractivity contribution in [2.24, 2.45) is 0 Å². The summed E-state index contributed by atoms with van der Waals surface area (Å²) in [5.41, 5.74) is -1.13. The van der Waals surface area contributed by atoms with Crippen molar-refractivity contribution in [1.29, 1.82) is 0 Å². The van der Waals surface area contributed by atoms with E-state index >= 15 is 0 Å². The van der Waals surface area contributed by atoms with Gasteiger partial charge >= 0.3 is 0 Å². The third kappa shape index (κ3) is 2.59. The van der Waals surface area contributed by atoms with Crippen molar-refractivity contribution in [3.63, 3.8) is 0 Å². The Labute approximate surface area is 131 Å². The Morgan fingerprint density at radius 1 is 1.39 bits per heavy atom. The smallest absolute Gasteiger partial charge is 0.289 e. The first-order chi connectivity index (χ1) is 10.9. The molecule has 23 heavy (non-hydrogen) atoms. The van der Waals surface area contributed by atoms with Crippen LogP contribution in [-0.2, 0) is 15.6 Å². The highest BCUT2D eigenvalue weighted by Gasteiger charge is 2.47. The van der Waals surface area contributed by atoms with Crippen LogP contribution < -0.4 is 4.72 Å². The van der Waals surface area contributed by atoms with Crippen LogP contribution in [0.25, 0.3) is 0 Å². The molecule has 0 aliphatic heterocycles. The molecule has 0 bridgehead atoms. The minimum Gasteiger partial charge on any atom is -0.343 e.